The summed E-state index contributed by atoms with van der Waals surface area (Å²) >= 11 is 5.09. The number of hydrogen-bond donors (Lipinski definition) is 3. The molecular formula is C13H19N3OS. The summed E-state index contributed by atoms with van der Waals surface area (Å²) in [5.74, 6) is -0.0603. The zero-order valence-corrected chi connectivity index (χ0v) is 11.6. The highest BCUT2D eigenvalue weighted by Gasteiger charge is 2.05. The van der Waals surface area contributed by atoms with Gasteiger partial charge in [0, 0.05) is 24.3 Å². The minimum absolute atomic E-state index is 0.0603. The molecule has 0 saturated carbocycles. The van der Waals surface area contributed by atoms with E-state index in [1.807, 2.05) is 26.0 Å². The Labute approximate surface area is 113 Å². The molecule has 0 aliphatic heterocycles. The molecule has 1 rings (SSSR count). The summed E-state index contributed by atoms with van der Waals surface area (Å²) < 4.78 is 0. The molecule has 0 aromatic heterocycles. The molecule has 98 valence electrons. The van der Waals surface area contributed by atoms with Crippen molar-refractivity contribution in [2.45, 2.75) is 20.3 Å². The van der Waals surface area contributed by atoms with E-state index in [1.165, 1.54) is 0 Å². The minimum Gasteiger partial charge on any atom is -0.363 e. The third-order valence-corrected chi connectivity index (χ3v) is 2.50. The molecule has 0 bridgehead atoms. The van der Waals surface area contributed by atoms with Crippen LogP contribution in [0.5, 0.6) is 0 Å². The monoisotopic (exact) mass is 265 g/mol. The van der Waals surface area contributed by atoms with Gasteiger partial charge in [0.2, 0.25) is 0 Å². The first-order valence-electron chi connectivity index (χ1n) is 6.10. The van der Waals surface area contributed by atoms with Crippen molar-refractivity contribution >= 4 is 28.9 Å². The SMILES string of the molecule is CCCNC(=O)c1cccc(NC(=S)NCC)c1. The Bertz CT molecular complexity index is 420. The maximum Gasteiger partial charge on any atom is 0.251 e. The van der Waals surface area contributed by atoms with E-state index in [0.717, 1.165) is 18.7 Å². The van der Waals surface area contributed by atoms with Crippen molar-refractivity contribution in [3.05, 3.63) is 29.8 Å². The molecule has 0 heterocycles. The Morgan fingerprint density at radius 1 is 1.28 bits per heavy atom. The van der Waals surface area contributed by atoms with E-state index < -0.39 is 0 Å². The van der Waals surface area contributed by atoms with Gasteiger partial charge in [-0.25, -0.2) is 0 Å². The summed E-state index contributed by atoms with van der Waals surface area (Å²) in [4.78, 5) is 11.8. The van der Waals surface area contributed by atoms with Gasteiger partial charge in [-0.2, -0.15) is 0 Å². The van der Waals surface area contributed by atoms with Crippen LogP contribution in [-0.2, 0) is 0 Å². The van der Waals surface area contributed by atoms with Gasteiger partial charge in [0.05, 0.1) is 0 Å². The van der Waals surface area contributed by atoms with E-state index in [4.69, 9.17) is 12.2 Å². The fraction of sp³-hybridized carbons (Fsp3) is 0.385. The number of hydrogen-bond acceptors (Lipinski definition) is 2. The molecule has 0 fully saturated rings. The first-order valence-corrected chi connectivity index (χ1v) is 6.51. The van der Waals surface area contributed by atoms with Gasteiger partial charge in [0.25, 0.3) is 5.91 Å². The Kier molecular flexibility index (Phi) is 6.14. The third-order valence-electron chi connectivity index (χ3n) is 2.26. The highest BCUT2D eigenvalue weighted by atomic mass is 32.1. The van der Waals surface area contributed by atoms with Gasteiger partial charge in [-0.05, 0) is 43.8 Å². The fourth-order valence-corrected chi connectivity index (χ4v) is 1.68. The van der Waals surface area contributed by atoms with Crippen LogP contribution in [0.4, 0.5) is 5.69 Å². The minimum atomic E-state index is -0.0603. The molecule has 5 heteroatoms. The highest BCUT2D eigenvalue weighted by molar-refractivity contribution is 7.80. The summed E-state index contributed by atoms with van der Waals surface area (Å²) in [6.45, 7) is 5.45. The average Bonchev–Trinajstić information content (AvgIpc) is 2.36. The fourth-order valence-electron chi connectivity index (χ4n) is 1.41. The van der Waals surface area contributed by atoms with Gasteiger partial charge in [-0.1, -0.05) is 13.0 Å². The maximum atomic E-state index is 11.8. The van der Waals surface area contributed by atoms with Crippen molar-refractivity contribution in [2.75, 3.05) is 18.4 Å². The van der Waals surface area contributed by atoms with Crippen LogP contribution in [0.15, 0.2) is 24.3 Å². The van der Waals surface area contributed by atoms with Crippen LogP contribution in [0, 0.1) is 0 Å². The lowest BCUT2D eigenvalue weighted by atomic mass is 10.2. The smallest absolute Gasteiger partial charge is 0.251 e. The van der Waals surface area contributed by atoms with Gasteiger partial charge in [-0.3, -0.25) is 4.79 Å². The molecule has 1 aromatic carbocycles. The Hall–Kier alpha value is -1.62. The second-order valence-electron chi connectivity index (χ2n) is 3.82. The molecule has 0 spiro atoms. The van der Waals surface area contributed by atoms with E-state index in [2.05, 4.69) is 16.0 Å². The maximum absolute atomic E-state index is 11.8. The number of anilines is 1. The lowest BCUT2D eigenvalue weighted by Crippen LogP contribution is -2.28. The lowest BCUT2D eigenvalue weighted by Gasteiger charge is -2.10. The van der Waals surface area contributed by atoms with Gasteiger partial charge in [-0.15, -0.1) is 0 Å². The van der Waals surface area contributed by atoms with Gasteiger partial charge >= 0.3 is 0 Å². The molecule has 4 nitrogen and oxygen atoms in total. The third kappa shape index (κ3) is 4.71. The number of carbonyl (C=O) groups excluding carboxylic acids is 1. The molecule has 0 aliphatic carbocycles. The highest BCUT2D eigenvalue weighted by Crippen LogP contribution is 2.10. The summed E-state index contributed by atoms with van der Waals surface area (Å²) in [5.41, 5.74) is 1.44. The second-order valence-corrected chi connectivity index (χ2v) is 4.23. The van der Waals surface area contributed by atoms with Crippen molar-refractivity contribution in [1.29, 1.82) is 0 Å². The van der Waals surface area contributed by atoms with E-state index in [1.54, 1.807) is 12.1 Å². The van der Waals surface area contributed by atoms with Crippen molar-refractivity contribution in [1.82, 2.24) is 10.6 Å². The van der Waals surface area contributed by atoms with E-state index in [9.17, 15) is 4.79 Å². The zero-order valence-electron chi connectivity index (χ0n) is 10.7. The molecule has 18 heavy (non-hydrogen) atoms. The summed E-state index contributed by atoms with van der Waals surface area (Å²) in [7, 11) is 0. The molecule has 0 saturated heterocycles. The van der Waals surface area contributed by atoms with Crippen LogP contribution in [0.1, 0.15) is 30.6 Å². The van der Waals surface area contributed by atoms with Crippen LogP contribution in [0.3, 0.4) is 0 Å². The van der Waals surface area contributed by atoms with Gasteiger partial charge < -0.3 is 16.0 Å². The average molecular weight is 265 g/mol. The van der Waals surface area contributed by atoms with E-state index >= 15 is 0 Å². The first-order chi connectivity index (χ1) is 8.67. The molecule has 0 atom stereocenters. The standard InChI is InChI=1S/C13H19N3OS/c1-3-8-15-12(17)10-6-5-7-11(9-10)16-13(18)14-4-2/h5-7,9H,3-4,8H2,1-2H3,(H,15,17)(H2,14,16,18). The topological polar surface area (TPSA) is 53.2 Å². The number of carbonyl (C=O) groups is 1. The number of benzene rings is 1. The molecule has 0 aliphatic rings. The molecule has 0 radical (unpaired) electrons. The Morgan fingerprint density at radius 3 is 2.72 bits per heavy atom. The van der Waals surface area contributed by atoms with Crippen molar-refractivity contribution in [2.24, 2.45) is 0 Å². The molecule has 3 N–H and O–H groups in total. The van der Waals surface area contributed by atoms with Crippen LogP contribution in [-0.4, -0.2) is 24.1 Å². The number of amides is 1. The van der Waals surface area contributed by atoms with Crippen LogP contribution in [0.2, 0.25) is 0 Å². The Balaban J connectivity index is 2.67. The van der Waals surface area contributed by atoms with Gasteiger partial charge in [0.1, 0.15) is 0 Å². The molecule has 1 amide bonds. The lowest BCUT2D eigenvalue weighted by molar-refractivity contribution is 0.0953. The van der Waals surface area contributed by atoms with Crippen LogP contribution >= 0.6 is 12.2 Å². The first kappa shape index (κ1) is 14.4. The second kappa shape index (κ2) is 7.66. The zero-order chi connectivity index (χ0) is 13.4. The van der Waals surface area contributed by atoms with E-state index in [-0.39, 0.29) is 5.91 Å². The number of rotatable bonds is 5. The van der Waals surface area contributed by atoms with Crippen LogP contribution < -0.4 is 16.0 Å². The number of thiocarbonyl (C=S) groups is 1. The number of nitrogens with one attached hydrogen (secondary N) is 3. The van der Waals surface area contributed by atoms with Gasteiger partial charge in [0.15, 0.2) is 5.11 Å². The molecular weight excluding hydrogens is 246 g/mol. The molecule has 0 unspecified atom stereocenters. The summed E-state index contributed by atoms with van der Waals surface area (Å²) in [5, 5.41) is 9.43. The Morgan fingerprint density at radius 2 is 2.06 bits per heavy atom. The summed E-state index contributed by atoms with van der Waals surface area (Å²) in [6.07, 6.45) is 0.925. The largest absolute Gasteiger partial charge is 0.363 e. The summed E-state index contributed by atoms with van der Waals surface area (Å²) in [6, 6.07) is 7.28. The molecule has 1 aromatic rings. The predicted octanol–water partition coefficient (Wildman–Crippen LogP) is 2.13. The van der Waals surface area contributed by atoms with E-state index in [0.29, 0.717) is 17.2 Å². The van der Waals surface area contributed by atoms with Crippen molar-refractivity contribution < 1.29 is 4.79 Å². The predicted molar refractivity (Wildman–Crippen MR) is 79.0 cm³/mol. The van der Waals surface area contributed by atoms with Crippen molar-refractivity contribution in [3.8, 4) is 0 Å². The van der Waals surface area contributed by atoms with Crippen molar-refractivity contribution in [3.63, 3.8) is 0 Å². The quantitative estimate of drug-likeness (QED) is 0.714. The van der Waals surface area contributed by atoms with Crippen LogP contribution in [0.25, 0.3) is 0 Å². The normalized spacial score (nSPS) is 9.67.